The molecule has 0 radical (unpaired) electrons. The Labute approximate surface area is 148 Å². The molecule has 0 atom stereocenters. The second-order valence-electron chi connectivity index (χ2n) is 7.05. The zero-order chi connectivity index (χ0) is 16.8. The fourth-order valence-electron chi connectivity index (χ4n) is 4.40. The summed E-state index contributed by atoms with van der Waals surface area (Å²) in [7, 11) is 0. The molecule has 1 aromatic heterocycles. The molecule has 1 aliphatic heterocycles. The van der Waals surface area contributed by atoms with Crippen molar-refractivity contribution < 1.29 is 0 Å². The number of aryl methyl sites for hydroxylation is 1. The van der Waals surface area contributed by atoms with Crippen LogP contribution in [0, 0.1) is 6.92 Å². The summed E-state index contributed by atoms with van der Waals surface area (Å²) in [6, 6.07) is 22.1. The van der Waals surface area contributed by atoms with Crippen LogP contribution in [0.4, 0.5) is 0 Å². The molecule has 0 bridgehead atoms. The van der Waals surface area contributed by atoms with E-state index in [9.17, 15) is 0 Å². The van der Waals surface area contributed by atoms with Crippen molar-refractivity contribution in [3.63, 3.8) is 0 Å². The average molecular weight is 326 g/mol. The number of rotatable bonds is 2. The van der Waals surface area contributed by atoms with Crippen LogP contribution in [0.1, 0.15) is 22.4 Å². The number of fused-ring (bicyclic) bond motifs is 4. The lowest BCUT2D eigenvalue weighted by Gasteiger charge is -2.18. The van der Waals surface area contributed by atoms with Gasteiger partial charge in [-0.3, -0.25) is 0 Å². The van der Waals surface area contributed by atoms with Crippen molar-refractivity contribution in [3.8, 4) is 0 Å². The van der Waals surface area contributed by atoms with Crippen molar-refractivity contribution in [2.75, 3.05) is 6.54 Å². The van der Waals surface area contributed by atoms with Crippen LogP contribution < -0.4 is 5.32 Å². The molecule has 5 rings (SSSR count). The Morgan fingerprint density at radius 1 is 0.960 bits per heavy atom. The molecule has 1 N–H and O–H groups in total. The second kappa shape index (κ2) is 5.75. The molecule has 2 nitrogen and oxygen atoms in total. The van der Waals surface area contributed by atoms with Crippen molar-refractivity contribution in [1.29, 1.82) is 0 Å². The van der Waals surface area contributed by atoms with E-state index < -0.39 is 0 Å². The number of hydrogen-bond donors (Lipinski definition) is 1. The molecule has 0 fully saturated rings. The van der Waals surface area contributed by atoms with E-state index in [0.717, 1.165) is 26.1 Å². The Morgan fingerprint density at radius 3 is 2.76 bits per heavy atom. The third-order valence-electron chi connectivity index (χ3n) is 5.57. The van der Waals surface area contributed by atoms with Gasteiger partial charge in [-0.2, -0.15) is 0 Å². The summed E-state index contributed by atoms with van der Waals surface area (Å²) in [5.74, 6) is 0. The predicted molar refractivity (Wildman–Crippen MR) is 105 cm³/mol. The summed E-state index contributed by atoms with van der Waals surface area (Å²) in [4.78, 5) is 0. The molecule has 4 aromatic rings. The summed E-state index contributed by atoms with van der Waals surface area (Å²) in [5.41, 5.74) is 7.18. The summed E-state index contributed by atoms with van der Waals surface area (Å²) < 4.78 is 2.53. The lowest BCUT2D eigenvalue weighted by molar-refractivity contribution is 0.603. The molecule has 124 valence electrons. The standard InChI is InChI=1S/C23H22N2/c1-16-6-4-11-21-23(16)20-12-13-24-14-22(20)25(21)15-18-9-5-8-17-7-2-3-10-19(17)18/h2-11,24H,12-15H2,1H3. The molecule has 0 spiro atoms. The smallest absolute Gasteiger partial charge is 0.0491 e. The molecule has 2 heterocycles. The van der Waals surface area contributed by atoms with E-state index in [4.69, 9.17) is 0 Å². The molecule has 0 saturated carbocycles. The van der Waals surface area contributed by atoms with E-state index in [0.29, 0.717) is 0 Å². The van der Waals surface area contributed by atoms with Crippen molar-refractivity contribution in [1.82, 2.24) is 9.88 Å². The van der Waals surface area contributed by atoms with Crippen LogP contribution in [-0.4, -0.2) is 11.1 Å². The maximum Gasteiger partial charge on any atom is 0.0491 e. The van der Waals surface area contributed by atoms with E-state index in [1.54, 1.807) is 5.56 Å². The summed E-state index contributed by atoms with van der Waals surface area (Å²) in [6.07, 6.45) is 1.12. The first-order chi connectivity index (χ1) is 12.3. The molecular weight excluding hydrogens is 304 g/mol. The molecular formula is C23H22N2. The average Bonchev–Trinajstić information content (AvgIpc) is 2.97. The Hall–Kier alpha value is -2.58. The van der Waals surface area contributed by atoms with Crippen molar-refractivity contribution in [3.05, 3.63) is 83.0 Å². The van der Waals surface area contributed by atoms with E-state index in [1.807, 2.05) is 0 Å². The van der Waals surface area contributed by atoms with Gasteiger partial charge in [0.05, 0.1) is 0 Å². The van der Waals surface area contributed by atoms with E-state index >= 15 is 0 Å². The summed E-state index contributed by atoms with van der Waals surface area (Å²) in [5, 5.41) is 7.71. The van der Waals surface area contributed by atoms with Gasteiger partial charge in [0, 0.05) is 29.7 Å². The van der Waals surface area contributed by atoms with Crippen molar-refractivity contribution in [2.45, 2.75) is 26.4 Å². The third kappa shape index (κ3) is 2.29. The van der Waals surface area contributed by atoms with Gasteiger partial charge in [-0.05, 0) is 53.4 Å². The highest BCUT2D eigenvalue weighted by Gasteiger charge is 2.21. The maximum absolute atomic E-state index is 3.56. The van der Waals surface area contributed by atoms with Gasteiger partial charge in [-0.25, -0.2) is 0 Å². The maximum atomic E-state index is 3.56. The largest absolute Gasteiger partial charge is 0.339 e. The zero-order valence-electron chi connectivity index (χ0n) is 14.5. The Balaban J connectivity index is 1.74. The van der Waals surface area contributed by atoms with Gasteiger partial charge in [0.1, 0.15) is 0 Å². The Morgan fingerprint density at radius 2 is 1.80 bits per heavy atom. The summed E-state index contributed by atoms with van der Waals surface area (Å²) in [6.45, 7) is 5.22. The molecule has 1 aliphatic rings. The number of nitrogens with zero attached hydrogens (tertiary/aromatic N) is 1. The first kappa shape index (κ1) is 14.7. The number of nitrogens with one attached hydrogen (secondary N) is 1. The van der Waals surface area contributed by atoms with Gasteiger partial charge in [-0.15, -0.1) is 0 Å². The number of hydrogen-bond acceptors (Lipinski definition) is 1. The molecule has 3 aromatic carbocycles. The lowest BCUT2D eigenvalue weighted by atomic mass is 10.0. The van der Waals surface area contributed by atoms with Crippen LogP contribution in [0.2, 0.25) is 0 Å². The van der Waals surface area contributed by atoms with Crippen LogP contribution in [0.5, 0.6) is 0 Å². The highest BCUT2D eigenvalue weighted by Crippen LogP contribution is 2.32. The van der Waals surface area contributed by atoms with Gasteiger partial charge in [0.15, 0.2) is 0 Å². The SMILES string of the molecule is Cc1cccc2c1c1c(n2Cc2cccc3ccccc23)CNCC1. The number of aromatic nitrogens is 1. The fraction of sp³-hybridized carbons (Fsp3) is 0.217. The topological polar surface area (TPSA) is 17.0 Å². The second-order valence-corrected chi connectivity index (χ2v) is 7.05. The first-order valence-corrected chi connectivity index (χ1v) is 9.10. The first-order valence-electron chi connectivity index (χ1n) is 9.10. The van der Waals surface area contributed by atoms with E-state index in [2.05, 4.69) is 77.5 Å². The van der Waals surface area contributed by atoms with Crippen LogP contribution in [-0.2, 0) is 19.5 Å². The van der Waals surface area contributed by atoms with Gasteiger partial charge < -0.3 is 9.88 Å². The highest BCUT2D eigenvalue weighted by atomic mass is 15.0. The third-order valence-corrected chi connectivity index (χ3v) is 5.57. The Kier molecular flexibility index (Phi) is 3.39. The highest BCUT2D eigenvalue weighted by molar-refractivity contribution is 5.90. The zero-order valence-corrected chi connectivity index (χ0v) is 14.5. The van der Waals surface area contributed by atoms with E-state index in [1.165, 1.54) is 38.5 Å². The molecule has 0 saturated heterocycles. The molecule has 0 unspecified atom stereocenters. The quantitative estimate of drug-likeness (QED) is 0.560. The van der Waals surface area contributed by atoms with Crippen LogP contribution in [0.25, 0.3) is 21.7 Å². The molecule has 0 amide bonds. The molecule has 2 heteroatoms. The van der Waals surface area contributed by atoms with Gasteiger partial charge >= 0.3 is 0 Å². The minimum Gasteiger partial charge on any atom is -0.339 e. The molecule has 0 aliphatic carbocycles. The minimum absolute atomic E-state index is 0.929. The van der Waals surface area contributed by atoms with E-state index in [-0.39, 0.29) is 0 Å². The van der Waals surface area contributed by atoms with Crippen LogP contribution in [0.3, 0.4) is 0 Å². The molecule has 25 heavy (non-hydrogen) atoms. The predicted octanol–water partition coefficient (Wildman–Crippen LogP) is 4.80. The normalized spacial score (nSPS) is 14.1. The fourth-order valence-corrected chi connectivity index (χ4v) is 4.40. The monoisotopic (exact) mass is 326 g/mol. The van der Waals surface area contributed by atoms with Crippen LogP contribution >= 0.6 is 0 Å². The van der Waals surface area contributed by atoms with Gasteiger partial charge in [0.2, 0.25) is 0 Å². The van der Waals surface area contributed by atoms with Crippen molar-refractivity contribution in [2.24, 2.45) is 0 Å². The number of benzene rings is 3. The van der Waals surface area contributed by atoms with Gasteiger partial charge in [0.25, 0.3) is 0 Å². The minimum atomic E-state index is 0.929. The summed E-state index contributed by atoms with van der Waals surface area (Å²) >= 11 is 0. The Bertz CT molecular complexity index is 1080. The van der Waals surface area contributed by atoms with Crippen LogP contribution in [0.15, 0.2) is 60.7 Å². The lowest BCUT2D eigenvalue weighted by Crippen LogP contribution is -2.25. The van der Waals surface area contributed by atoms with Gasteiger partial charge in [-0.1, -0.05) is 54.6 Å². The van der Waals surface area contributed by atoms with Crippen molar-refractivity contribution >= 4 is 21.7 Å².